The van der Waals surface area contributed by atoms with Gasteiger partial charge in [-0.05, 0) is 51.1 Å². The average Bonchev–Trinajstić information content (AvgIpc) is 3.31. The number of nitrogens with zero attached hydrogens (tertiary/aromatic N) is 2. The number of esters is 1. The van der Waals surface area contributed by atoms with Crippen molar-refractivity contribution in [3.05, 3.63) is 44.9 Å². The van der Waals surface area contributed by atoms with Crippen molar-refractivity contribution in [1.29, 1.82) is 0 Å². The number of hydrogen-bond acceptors (Lipinski definition) is 6. The topological polar surface area (TPSA) is 77.8 Å². The summed E-state index contributed by atoms with van der Waals surface area (Å²) in [6.45, 7) is 8.94. The van der Waals surface area contributed by atoms with Crippen LogP contribution in [0.15, 0.2) is 17.5 Å². The molecule has 0 spiro atoms. The molecule has 0 saturated heterocycles. The lowest BCUT2D eigenvalue weighted by atomic mass is 10.0. The third kappa shape index (κ3) is 5.37. The Bertz CT molecular complexity index is 886. The highest BCUT2D eigenvalue weighted by atomic mass is 32.1. The third-order valence-electron chi connectivity index (χ3n) is 4.95. The van der Waals surface area contributed by atoms with Gasteiger partial charge in [0.2, 0.25) is 0 Å². The second kappa shape index (κ2) is 11.1. The fourth-order valence-corrected chi connectivity index (χ4v) is 4.13. The molecule has 0 saturated carbocycles. The molecule has 0 aliphatic carbocycles. The Labute approximate surface area is 181 Å². The first-order chi connectivity index (χ1) is 14.3. The average molecular weight is 435 g/mol. The van der Waals surface area contributed by atoms with Gasteiger partial charge in [0.05, 0.1) is 18.0 Å². The van der Waals surface area contributed by atoms with Crippen molar-refractivity contribution in [3.63, 3.8) is 0 Å². The third-order valence-corrected chi connectivity index (χ3v) is 5.81. The zero-order valence-electron chi connectivity index (χ0n) is 18.3. The summed E-state index contributed by atoms with van der Waals surface area (Å²) in [7, 11) is 1.74. The molecule has 7 nitrogen and oxygen atoms in total. The molecule has 2 aromatic rings. The molecule has 0 radical (unpaired) electrons. The number of rotatable bonds is 11. The number of ether oxygens (including phenoxy) is 2. The molecule has 1 amide bonds. The van der Waals surface area contributed by atoms with Crippen molar-refractivity contribution in [1.82, 2.24) is 9.47 Å². The Hall–Kier alpha value is -2.45. The molecule has 8 heteroatoms. The Morgan fingerprint density at radius 2 is 1.90 bits per heavy atom. The molecule has 0 bridgehead atoms. The predicted octanol–water partition coefficient (Wildman–Crippen LogP) is 3.63. The predicted molar refractivity (Wildman–Crippen MR) is 117 cm³/mol. The molecule has 0 unspecified atom stereocenters. The van der Waals surface area contributed by atoms with Gasteiger partial charge in [-0.25, -0.2) is 4.79 Å². The van der Waals surface area contributed by atoms with Crippen LogP contribution in [0.5, 0.6) is 0 Å². The highest BCUT2D eigenvalue weighted by Crippen LogP contribution is 2.23. The Morgan fingerprint density at radius 1 is 1.17 bits per heavy atom. The molecule has 2 aromatic heterocycles. The quantitative estimate of drug-likeness (QED) is 0.307. The summed E-state index contributed by atoms with van der Waals surface area (Å²) in [5.41, 5.74) is 2.09. The highest BCUT2D eigenvalue weighted by molar-refractivity contribution is 7.12. The van der Waals surface area contributed by atoms with Gasteiger partial charge in [0.25, 0.3) is 5.91 Å². The van der Waals surface area contributed by atoms with Crippen LogP contribution in [-0.2, 0) is 16.5 Å². The number of thiophene rings is 1. The largest absolute Gasteiger partial charge is 0.461 e. The van der Waals surface area contributed by atoms with Gasteiger partial charge in [-0.15, -0.1) is 11.3 Å². The van der Waals surface area contributed by atoms with Crippen LogP contribution < -0.4 is 0 Å². The van der Waals surface area contributed by atoms with E-state index >= 15 is 0 Å². The van der Waals surface area contributed by atoms with Crippen molar-refractivity contribution in [2.45, 2.75) is 34.1 Å². The number of amides is 1. The minimum absolute atomic E-state index is 0.0587. The minimum atomic E-state index is -0.456. The van der Waals surface area contributed by atoms with Gasteiger partial charge in [-0.2, -0.15) is 0 Å². The van der Waals surface area contributed by atoms with Gasteiger partial charge in [0.1, 0.15) is 5.69 Å². The number of carbonyl (C=O) groups excluding carboxylic acids is 3. The van der Waals surface area contributed by atoms with Gasteiger partial charge in [-0.3, -0.25) is 9.59 Å². The Balaban J connectivity index is 2.27. The van der Waals surface area contributed by atoms with Gasteiger partial charge in [-0.1, -0.05) is 6.07 Å². The standard InChI is InChI=1S/C22H30N2O5S/c1-6-28-12-9-11-24(21(26)18-10-8-13-30-18)14-17(25)19-15(3)20(22(27)29-7-2)23(5)16(19)4/h8,10,13H,6-7,9,11-12,14H2,1-5H3. The fraction of sp³-hybridized carbons (Fsp3) is 0.500. The molecular formula is C22H30N2O5S. The molecule has 0 aliphatic rings. The SMILES string of the molecule is CCOCCCN(CC(=O)c1c(C)c(C(=O)OCC)n(C)c1C)C(=O)c1cccs1. The lowest BCUT2D eigenvalue weighted by Gasteiger charge is -2.21. The maximum absolute atomic E-state index is 13.2. The maximum Gasteiger partial charge on any atom is 0.355 e. The van der Waals surface area contributed by atoms with E-state index in [1.165, 1.54) is 11.3 Å². The monoisotopic (exact) mass is 434 g/mol. The van der Waals surface area contributed by atoms with Crippen LogP contribution in [-0.4, -0.2) is 60.0 Å². The first-order valence-electron chi connectivity index (χ1n) is 10.1. The smallest absolute Gasteiger partial charge is 0.355 e. The number of carbonyl (C=O) groups is 3. The molecule has 0 aromatic carbocycles. The van der Waals surface area contributed by atoms with E-state index < -0.39 is 5.97 Å². The number of aromatic nitrogens is 1. The van der Waals surface area contributed by atoms with Crippen molar-refractivity contribution >= 4 is 29.0 Å². The highest BCUT2D eigenvalue weighted by Gasteiger charge is 2.28. The van der Waals surface area contributed by atoms with Crippen LogP contribution in [0.4, 0.5) is 0 Å². The van der Waals surface area contributed by atoms with E-state index in [0.29, 0.717) is 53.6 Å². The summed E-state index contributed by atoms with van der Waals surface area (Å²) in [6.07, 6.45) is 0.638. The van der Waals surface area contributed by atoms with Crippen LogP contribution in [0, 0.1) is 13.8 Å². The second-order valence-corrected chi connectivity index (χ2v) is 7.84. The van der Waals surface area contributed by atoms with Crippen LogP contribution in [0.3, 0.4) is 0 Å². The first-order valence-corrected chi connectivity index (χ1v) is 11.0. The Kier molecular flexibility index (Phi) is 8.80. The Morgan fingerprint density at radius 3 is 2.50 bits per heavy atom. The van der Waals surface area contributed by atoms with Crippen LogP contribution in [0.2, 0.25) is 0 Å². The number of ketones is 1. The molecule has 0 aliphatic heterocycles. The molecule has 0 N–H and O–H groups in total. The molecule has 0 fully saturated rings. The van der Waals surface area contributed by atoms with Crippen LogP contribution in [0.25, 0.3) is 0 Å². The van der Waals surface area contributed by atoms with E-state index in [9.17, 15) is 14.4 Å². The lowest BCUT2D eigenvalue weighted by Crippen LogP contribution is -2.37. The summed E-state index contributed by atoms with van der Waals surface area (Å²) in [4.78, 5) is 40.6. The van der Waals surface area contributed by atoms with E-state index in [1.54, 1.807) is 43.4 Å². The van der Waals surface area contributed by atoms with E-state index in [4.69, 9.17) is 9.47 Å². The minimum Gasteiger partial charge on any atom is -0.461 e. The van der Waals surface area contributed by atoms with Crippen LogP contribution in [0.1, 0.15) is 62.0 Å². The van der Waals surface area contributed by atoms with E-state index in [-0.39, 0.29) is 24.8 Å². The summed E-state index contributed by atoms with van der Waals surface area (Å²) in [5.74, 6) is -0.827. The van der Waals surface area contributed by atoms with Crippen molar-refractivity contribution in [2.75, 3.05) is 32.9 Å². The normalized spacial score (nSPS) is 10.8. The number of hydrogen-bond donors (Lipinski definition) is 0. The number of Topliss-reactive ketones (excluding diaryl/α,β-unsaturated/α-hetero) is 1. The first kappa shape index (κ1) is 23.8. The summed E-state index contributed by atoms with van der Waals surface area (Å²) in [6, 6.07) is 3.57. The van der Waals surface area contributed by atoms with Crippen LogP contribution >= 0.6 is 11.3 Å². The molecule has 2 heterocycles. The zero-order chi connectivity index (χ0) is 22.3. The molecule has 30 heavy (non-hydrogen) atoms. The van der Waals surface area contributed by atoms with Gasteiger partial charge in [0, 0.05) is 38.1 Å². The van der Waals surface area contributed by atoms with Gasteiger partial charge in [0.15, 0.2) is 5.78 Å². The van der Waals surface area contributed by atoms with Gasteiger partial charge >= 0.3 is 5.97 Å². The van der Waals surface area contributed by atoms with Gasteiger partial charge < -0.3 is 18.9 Å². The lowest BCUT2D eigenvalue weighted by molar-refractivity contribution is 0.0513. The van der Waals surface area contributed by atoms with E-state index in [0.717, 1.165) is 0 Å². The van der Waals surface area contributed by atoms with Crippen molar-refractivity contribution in [2.24, 2.45) is 7.05 Å². The van der Waals surface area contributed by atoms with E-state index in [1.807, 2.05) is 18.4 Å². The molecule has 0 atom stereocenters. The summed E-state index contributed by atoms with van der Waals surface area (Å²) in [5, 5.41) is 1.84. The second-order valence-electron chi connectivity index (χ2n) is 6.89. The molecule has 164 valence electrons. The van der Waals surface area contributed by atoms with Crippen molar-refractivity contribution < 1.29 is 23.9 Å². The summed E-state index contributed by atoms with van der Waals surface area (Å²) >= 11 is 1.35. The maximum atomic E-state index is 13.2. The zero-order valence-corrected chi connectivity index (χ0v) is 19.1. The summed E-state index contributed by atoms with van der Waals surface area (Å²) < 4.78 is 12.2. The van der Waals surface area contributed by atoms with E-state index in [2.05, 4.69) is 0 Å². The molecule has 2 rings (SSSR count). The molecular weight excluding hydrogens is 404 g/mol. The van der Waals surface area contributed by atoms with Crippen molar-refractivity contribution in [3.8, 4) is 0 Å². The fourth-order valence-electron chi connectivity index (χ4n) is 3.44.